The van der Waals surface area contributed by atoms with Crippen molar-refractivity contribution in [2.45, 2.75) is 65.7 Å². The molecule has 23 heavy (non-hydrogen) atoms. The molecule has 4 rings (SSSR count). The van der Waals surface area contributed by atoms with Crippen molar-refractivity contribution >= 4 is 11.6 Å². The molecule has 0 aromatic heterocycles. The van der Waals surface area contributed by atoms with E-state index in [4.69, 9.17) is 0 Å². The lowest BCUT2D eigenvalue weighted by molar-refractivity contribution is -0.155. The summed E-state index contributed by atoms with van der Waals surface area (Å²) >= 11 is 0. The smallest absolute Gasteiger partial charge is 0.221 e. The molecule has 3 saturated carbocycles. The molecular weight excluding hydrogens is 284 g/mol. The van der Waals surface area contributed by atoms with Gasteiger partial charge in [0, 0.05) is 5.41 Å². The summed E-state index contributed by atoms with van der Waals surface area (Å²) in [4.78, 5) is 24.9. The summed E-state index contributed by atoms with van der Waals surface area (Å²) in [5.41, 5.74) is 0.0665. The Morgan fingerprint density at radius 3 is 2.57 bits per heavy atom. The third-order valence-corrected chi connectivity index (χ3v) is 8.67. The van der Waals surface area contributed by atoms with Gasteiger partial charge >= 0.3 is 0 Å². The Labute approximate surface area is 140 Å². The lowest BCUT2D eigenvalue weighted by atomic mass is 9.45. The molecule has 2 nitrogen and oxygen atoms in total. The van der Waals surface area contributed by atoms with Crippen LogP contribution in [0.2, 0.25) is 0 Å². The normalized spacial score (nSPS) is 52.0. The molecule has 0 radical (unpaired) electrons. The van der Waals surface area contributed by atoms with E-state index >= 15 is 0 Å². The van der Waals surface area contributed by atoms with E-state index in [2.05, 4.69) is 26.8 Å². The first-order valence-corrected chi connectivity index (χ1v) is 9.70. The van der Waals surface area contributed by atoms with Crippen molar-refractivity contribution in [3.63, 3.8) is 0 Å². The Morgan fingerprint density at radius 2 is 1.83 bits per heavy atom. The van der Waals surface area contributed by atoms with E-state index in [1.165, 1.54) is 32.1 Å². The molecule has 0 heterocycles. The monoisotopic (exact) mass is 314 g/mol. The highest BCUT2D eigenvalue weighted by Gasteiger charge is 2.62. The van der Waals surface area contributed by atoms with Gasteiger partial charge in [0.2, 0.25) is 11.6 Å². The summed E-state index contributed by atoms with van der Waals surface area (Å²) in [5, 5.41) is 0. The van der Waals surface area contributed by atoms with Crippen molar-refractivity contribution < 1.29 is 9.59 Å². The van der Waals surface area contributed by atoms with Gasteiger partial charge in [0.15, 0.2) is 0 Å². The molecule has 7 atom stereocenters. The van der Waals surface area contributed by atoms with Gasteiger partial charge in [-0.05, 0) is 79.6 Å². The SMILES string of the molecule is CC[C@H]1CC[C@H]2[C@@H]3CCC4C=CC(=O)C(=O)[C@]4(C)[C@H]3CC[C@]12C. The van der Waals surface area contributed by atoms with Crippen LogP contribution in [-0.4, -0.2) is 11.6 Å². The Kier molecular flexibility index (Phi) is 3.42. The van der Waals surface area contributed by atoms with Crippen molar-refractivity contribution in [3.05, 3.63) is 12.2 Å². The van der Waals surface area contributed by atoms with Gasteiger partial charge in [-0.1, -0.05) is 33.3 Å². The van der Waals surface area contributed by atoms with Crippen molar-refractivity contribution in [2.24, 2.45) is 40.4 Å². The standard InChI is InChI=1S/C21H30O2/c1-4-13-6-9-16-15-8-5-14-7-10-18(22)19(23)21(14,3)17(15)11-12-20(13,16)2/h7,10,13-17H,4-6,8-9,11-12H2,1-3H3/t13-,14?,15-,16-,17-,20+,21-/m0/s1. The number of fused-ring (bicyclic) bond motifs is 5. The molecule has 0 aromatic carbocycles. The van der Waals surface area contributed by atoms with Crippen LogP contribution in [0.25, 0.3) is 0 Å². The molecule has 126 valence electrons. The largest absolute Gasteiger partial charge is 0.290 e. The number of rotatable bonds is 1. The van der Waals surface area contributed by atoms with Gasteiger partial charge in [0.25, 0.3) is 0 Å². The van der Waals surface area contributed by atoms with Crippen LogP contribution in [0.15, 0.2) is 12.2 Å². The third-order valence-electron chi connectivity index (χ3n) is 8.67. The number of hydrogen-bond acceptors (Lipinski definition) is 2. The van der Waals surface area contributed by atoms with Crippen LogP contribution in [-0.2, 0) is 9.59 Å². The van der Waals surface area contributed by atoms with E-state index in [1.807, 2.05) is 0 Å². The summed E-state index contributed by atoms with van der Waals surface area (Å²) in [6, 6.07) is 0. The quantitative estimate of drug-likeness (QED) is 0.664. The molecule has 0 spiro atoms. The van der Waals surface area contributed by atoms with E-state index in [-0.39, 0.29) is 11.6 Å². The Hall–Kier alpha value is -0.920. The molecule has 0 saturated heterocycles. The van der Waals surface area contributed by atoms with Gasteiger partial charge in [-0.2, -0.15) is 0 Å². The van der Waals surface area contributed by atoms with Crippen LogP contribution in [0, 0.1) is 40.4 Å². The fraction of sp³-hybridized carbons (Fsp3) is 0.810. The van der Waals surface area contributed by atoms with Crippen LogP contribution in [0.3, 0.4) is 0 Å². The minimum Gasteiger partial charge on any atom is -0.290 e. The molecule has 0 N–H and O–H groups in total. The number of Topliss-reactive ketones (excluding diaryl/α,β-unsaturated/α-hetero) is 1. The summed E-state index contributed by atoms with van der Waals surface area (Å²) in [6.45, 7) is 6.99. The van der Waals surface area contributed by atoms with Crippen LogP contribution < -0.4 is 0 Å². The fourth-order valence-corrected chi connectivity index (χ4v) is 7.34. The van der Waals surface area contributed by atoms with Crippen molar-refractivity contribution in [2.75, 3.05) is 0 Å². The third kappa shape index (κ3) is 1.87. The number of carbonyl (C=O) groups is 2. The Morgan fingerprint density at radius 1 is 1.04 bits per heavy atom. The van der Waals surface area contributed by atoms with E-state index in [1.54, 1.807) is 6.08 Å². The topological polar surface area (TPSA) is 34.1 Å². The molecule has 0 aromatic rings. The van der Waals surface area contributed by atoms with Gasteiger partial charge in [-0.15, -0.1) is 0 Å². The Bertz CT molecular complexity index is 576. The second-order valence-electron chi connectivity index (χ2n) is 9.12. The van der Waals surface area contributed by atoms with Gasteiger partial charge in [-0.3, -0.25) is 9.59 Å². The second-order valence-corrected chi connectivity index (χ2v) is 9.12. The number of ketones is 2. The molecular formula is C21H30O2. The number of hydrogen-bond donors (Lipinski definition) is 0. The first kappa shape index (κ1) is 15.6. The molecule has 4 aliphatic rings. The predicted octanol–water partition coefficient (Wildman–Crippen LogP) is 4.58. The average molecular weight is 314 g/mol. The Balaban J connectivity index is 1.71. The van der Waals surface area contributed by atoms with Gasteiger partial charge in [-0.25, -0.2) is 0 Å². The summed E-state index contributed by atoms with van der Waals surface area (Å²) < 4.78 is 0. The maximum atomic E-state index is 12.8. The van der Waals surface area contributed by atoms with Crippen molar-refractivity contribution in [1.82, 2.24) is 0 Å². The van der Waals surface area contributed by atoms with E-state index in [0.717, 1.165) is 24.7 Å². The van der Waals surface area contributed by atoms with Crippen molar-refractivity contribution in [3.8, 4) is 0 Å². The lowest BCUT2D eigenvalue weighted by Gasteiger charge is -2.58. The number of carbonyl (C=O) groups excluding carboxylic acids is 2. The molecule has 1 unspecified atom stereocenters. The summed E-state index contributed by atoms with van der Waals surface area (Å²) in [7, 11) is 0. The van der Waals surface area contributed by atoms with E-state index < -0.39 is 5.41 Å². The van der Waals surface area contributed by atoms with Gasteiger partial charge in [0.1, 0.15) is 0 Å². The lowest BCUT2D eigenvalue weighted by Crippen LogP contribution is -2.56. The number of allylic oxidation sites excluding steroid dienone is 2. The zero-order chi connectivity index (χ0) is 16.4. The van der Waals surface area contributed by atoms with E-state index in [0.29, 0.717) is 23.2 Å². The van der Waals surface area contributed by atoms with Crippen LogP contribution >= 0.6 is 0 Å². The molecule has 2 heteroatoms. The average Bonchev–Trinajstić information content (AvgIpc) is 2.88. The molecule has 0 amide bonds. The zero-order valence-corrected chi connectivity index (χ0v) is 14.8. The van der Waals surface area contributed by atoms with Crippen molar-refractivity contribution in [1.29, 1.82) is 0 Å². The zero-order valence-electron chi connectivity index (χ0n) is 14.8. The van der Waals surface area contributed by atoms with Gasteiger partial charge < -0.3 is 0 Å². The van der Waals surface area contributed by atoms with Gasteiger partial charge in [0.05, 0.1) is 0 Å². The minimum absolute atomic E-state index is 0.0895. The highest BCUT2D eigenvalue weighted by molar-refractivity contribution is 6.44. The van der Waals surface area contributed by atoms with E-state index in [9.17, 15) is 9.59 Å². The van der Waals surface area contributed by atoms with Crippen LogP contribution in [0.5, 0.6) is 0 Å². The highest BCUT2D eigenvalue weighted by atomic mass is 16.2. The molecule has 3 fully saturated rings. The fourth-order valence-electron chi connectivity index (χ4n) is 7.34. The molecule has 4 aliphatic carbocycles. The minimum atomic E-state index is -0.416. The highest BCUT2D eigenvalue weighted by Crippen LogP contribution is 2.66. The first-order chi connectivity index (χ1) is 10.9. The summed E-state index contributed by atoms with van der Waals surface area (Å²) in [6.07, 6.45) is 12.4. The molecule has 0 aliphatic heterocycles. The predicted molar refractivity (Wildman–Crippen MR) is 90.8 cm³/mol. The maximum absolute atomic E-state index is 12.8. The van der Waals surface area contributed by atoms with Crippen LogP contribution in [0.4, 0.5) is 0 Å². The first-order valence-electron chi connectivity index (χ1n) is 9.70. The second kappa shape index (κ2) is 5.04. The van der Waals surface area contributed by atoms with Crippen LogP contribution in [0.1, 0.15) is 65.7 Å². The maximum Gasteiger partial charge on any atom is 0.221 e. The molecule has 0 bridgehead atoms. The summed E-state index contributed by atoms with van der Waals surface area (Å²) in [5.74, 6) is 2.68.